The molecule has 5 heteroatoms. The summed E-state index contributed by atoms with van der Waals surface area (Å²) in [6.45, 7) is 1.53. The number of ketones is 1. The molecule has 1 N–H and O–H groups in total. The molecule has 29 heavy (non-hydrogen) atoms. The maximum Gasteiger partial charge on any atom is 0.159 e. The molecule has 4 nitrogen and oxygen atoms in total. The minimum absolute atomic E-state index is 0.0220. The van der Waals surface area contributed by atoms with Gasteiger partial charge in [-0.05, 0) is 48.0 Å². The fourth-order valence-electron chi connectivity index (χ4n) is 2.98. The van der Waals surface area contributed by atoms with E-state index in [0.717, 1.165) is 22.3 Å². The second kappa shape index (κ2) is 8.09. The Morgan fingerprint density at radius 2 is 1.83 bits per heavy atom. The van der Waals surface area contributed by atoms with Crippen molar-refractivity contribution in [1.82, 2.24) is 4.98 Å². The molecular weight excluding hydrogens is 378 g/mol. The van der Waals surface area contributed by atoms with Gasteiger partial charge >= 0.3 is 0 Å². The number of hydrogen-bond donors (Lipinski definition) is 1. The molecule has 0 radical (unpaired) electrons. The number of nitrogens with zero attached hydrogens (tertiary/aromatic N) is 2. The predicted molar refractivity (Wildman–Crippen MR) is 119 cm³/mol. The molecule has 1 heterocycles. The summed E-state index contributed by atoms with van der Waals surface area (Å²) in [7, 11) is 0. The van der Waals surface area contributed by atoms with Crippen LogP contribution < -0.4 is 5.32 Å². The highest BCUT2D eigenvalue weighted by molar-refractivity contribution is 7.11. The monoisotopic (exact) mass is 395 g/mol. The third-order valence-corrected chi connectivity index (χ3v) is 5.45. The van der Waals surface area contributed by atoms with Gasteiger partial charge < -0.3 is 5.32 Å². The molecule has 0 atom stereocenters. The van der Waals surface area contributed by atoms with Crippen molar-refractivity contribution in [3.8, 4) is 17.3 Å². The van der Waals surface area contributed by atoms with Gasteiger partial charge in [-0.2, -0.15) is 5.26 Å². The molecule has 0 spiro atoms. The van der Waals surface area contributed by atoms with Crippen LogP contribution >= 0.6 is 11.3 Å². The van der Waals surface area contributed by atoms with Crippen LogP contribution in [-0.4, -0.2) is 10.8 Å². The molecule has 0 aliphatic carbocycles. The maximum absolute atomic E-state index is 11.4. The van der Waals surface area contributed by atoms with E-state index in [1.807, 2.05) is 35.7 Å². The third-order valence-electron chi connectivity index (χ3n) is 4.57. The quantitative estimate of drug-likeness (QED) is 0.325. The van der Waals surface area contributed by atoms with Gasteiger partial charge in [-0.3, -0.25) is 4.79 Å². The van der Waals surface area contributed by atoms with Crippen LogP contribution in [0, 0.1) is 11.3 Å². The second-order valence-corrected chi connectivity index (χ2v) is 7.41. The summed E-state index contributed by atoms with van der Waals surface area (Å²) in [5, 5.41) is 17.6. The fraction of sp³-hybridized carbons (Fsp3) is 0.0417. The molecule has 1 aromatic heterocycles. The van der Waals surface area contributed by atoms with E-state index in [-0.39, 0.29) is 5.78 Å². The van der Waals surface area contributed by atoms with Crippen molar-refractivity contribution >= 4 is 39.2 Å². The number of allylic oxidation sites excluding steroid dienone is 1. The first-order chi connectivity index (χ1) is 14.1. The molecule has 0 amide bonds. The molecule has 0 aliphatic heterocycles. The highest BCUT2D eigenvalue weighted by atomic mass is 32.1. The molecule has 4 aromatic rings. The van der Waals surface area contributed by atoms with Crippen molar-refractivity contribution in [1.29, 1.82) is 5.26 Å². The maximum atomic E-state index is 11.4. The van der Waals surface area contributed by atoms with Gasteiger partial charge in [0.15, 0.2) is 5.78 Å². The van der Waals surface area contributed by atoms with Crippen LogP contribution in [0.15, 0.2) is 78.3 Å². The van der Waals surface area contributed by atoms with E-state index in [2.05, 4.69) is 40.6 Å². The van der Waals surface area contributed by atoms with Gasteiger partial charge in [-0.25, -0.2) is 4.98 Å². The van der Waals surface area contributed by atoms with Gasteiger partial charge in [0.05, 0.1) is 5.69 Å². The first kappa shape index (κ1) is 18.6. The van der Waals surface area contributed by atoms with Crippen LogP contribution in [0.5, 0.6) is 0 Å². The van der Waals surface area contributed by atoms with Crippen LogP contribution in [0.2, 0.25) is 0 Å². The van der Waals surface area contributed by atoms with Crippen molar-refractivity contribution in [2.45, 2.75) is 6.92 Å². The zero-order chi connectivity index (χ0) is 20.2. The van der Waals surface area contributed by atoms with Crippen LogP contribution in [0.1, 0.15) is 22.3 Å². The Hall–Kier alpha value is -3.75. The van der Waals surface area contributed by atoms with Crippen LogP contribution in [-0.2, 0) is 0 Å². The number of carbonyl (C=O) groups excluding carboxylic acids is 1. The number of aromatic nitrogens is 1. The van der Waals surface area contributed by atoms with Crippen molar-refractivity contribution in [2.75, 3.05) is 5.32 Å². The molecule has 0 aliphatic rings. The SMILES string of the molecule is CC(=O)c1ccc(NC=C(C#N)c2nc(-c3ccc4ccccc4c3)cs2)cc1. The molecule has 0 unspecified atom stereocenters. The van der Waals surface area contributed by atoms with Gasteiger partial charge in [-0.1, -0.05) is 36.4 Å². The standard InChI is InChI=1S/C24H17N3OS/c1-16(28)17-8-10-22(11-9-17)26-14-21(13-25)24-27-23(15-29-24)20-7-6-18-4-2-3-5-19(18)12-20/h2-12,14-15,26H,1H3. The summed E-state index contributed by atoms with van der Waals surface area (Å²) in [6, 6.07) is 23.8. The van der Waals surface area contributed by atoms with E-state index < -0.39 is 0 Å². The Kier molecular flexibility index (Phi) is 5.19. The molecule has 4 rings (SSSR count). The Morgan fingerprint density at radius 1 is 1.07 bits per heavy atom. The van der Waals surface area contributed by atoms with Crippen LogP contribution in [0.3, 0.4) is 0 Å². The van der Waals surface area contributed by atoms with Crippen molar-refractivity contribution < 1.29 is 4.79 Å². The number of benzene rings is 3. The summed E-state index contributed by atoms with van der Waals surface area (Å²) >= 11 is 1.44. The first-order valence-corrected chi connectivity index (χ1v) is 9.95. The van der Waals surface area contributed by atoms with E-state index in [1.165, 1.54) is 23.6 Å². The summed E-state index contributed by atoms with van der Waals surface area (Å²) in [6.07, 6.45) is 1.64. The van der Waals surface area contributed by atoms with Gasteiger partial charge in [0.25, 0.3) is 0 Å². The van der Waals surface area contributed by atoms with E-state index in [9.17, 15) is 10.1 Å². The fourth-order valence-corrected chi connectivity index (χ4v) is 3.77. The smallest absolute Gasteiger partial charge is 0.159 e. The van der Waals surface area contributed by atoms with E-state index >= 15 is 0 Å². The second-order valence-electron chi connectivity index (χ2n) is 6.55. The number of thiazole rings is 1. The average molecular weight is 395 g/mol. The normalized spacial score (nSPS) is 11.2. The van der Waals surface area contributed by atoms with Gasteiger partial charge in [0, 0.05) is 28.4 Å². The van der Waals surface area contributed by atoms with Crippen molar-refractivity contribution in [3.63, 3.8) is 0 Å². The van der Waals surface area contributed by atoms with Gasteiger partial charge in [-0.15, -0.1) is 11.3 Å². The average Bonchev–Trinajstić information content (AvgIpc) is 3.24. The largest absolute Gasteiger partial charge is 0.360 e. The Balaban J connectivity index is 1.56. The molecule has 3 aromatic carbocycles. The molecular formula is C24H17N3OS. The summed E-state index contributed by atoms with van der Waals surface area (Å²) in [5.41, 5.74) is 3.78. The van der Waals surface area contributed by atoms with Crippen LogP contribution in [0.25, 0.3) is 27.6 Å². The lowest BCUT2D eigenvalue weighted by atomic mass is 10.1. The molecule has 0 saturated carbocycles. The lowest BCUT2D eigenvalue weighted by molar-refractivity contribution is 0.101. The molecule has 0 saturated heterocycles. The first-order valence-electron chi connectivity index (χ1n) is 9.07. The highest BCUT2D eigenvalue weighted by Gasteiger charge is 2.09. The minimum Gasteiger partial charge on any atom is -0.360 e. The molecule has 0 bridgehead atoms. The topological polar surface area (TPSA) is 65.8 Å². The predicted octanol–water partition coefficient (Wildman–Crippen LogP) is 6.14. The summed E-state index contributed by atoms with van der Waals surface area (Å²) in [5.74, 6) is 0.0220. The highest BCUT2D eigenvalue weighted by Crippen LogP contribution is 2.28. The number of nitriles is 1. The van der Waals surface area contributed by atoms with E-state index in [4.69, 9.17) is 0 Å². The number of hydrogen-bond acceptors (Lipinski definition) is 5. The molecule has 140 valence electrons. The summed E-state index contributed by atoms with van der Waals surface area (Å²) in [4.78, 5) is 16.0. The lowest BCUT2D eigenvalue weighted by Gasteiger charge is -2.03. The number of anilines is 1. The minimum atomic E-state index is 0.0220. The number of Topliss-reactive ketones (excluding diaryl/α,β-unsaturated/α-hetero) is 1. The van der Waals surface area contributed by atoms with Crippen molar-refractivity contribution in [3.05, 3.63) is 88.9 Å². The van der Waals surface area contributed by atoms with Crippen LogP contribution in [0.4, 0.5) is 5.69 Å². The number of nitrogens with one attached hydrogen (secondary N) is 1. The Bertz CT molecular complexity index is 1260. The van der Waals surface area contributed by atoms with E-state index in [1.54, 1.807) is 18.3 Å². The summed E-state index contributed by atoms with van der Waals surface area (Å²) < 4.78 is 0. The number of rotatable bonds is 5. The lowest BCUT2D eigenvalue weighted by Crippen LogP contribution is -1.94. The van der Waals surface area contributed by atoms with E-state index in [0.29, 0.717) is 16.1 Å². The molecule has 0 fully saturated rings. The number of fused-ring (bicyclic) bond motifs is 1. The Morgan fingerprint density at radius 3 is 2.55 bits per heavy atom. The number of carbonyl (C=O) groups is 1. The third kappa shape index (κ3) is 4.08. The van der Waals surface area contributed by atoms with Gasteiger partial charge in [0.1, 0.15) is 16.6 Å². The zero-order valence-corrected chi connectivity index (χ0v) is 16.5. The zero-order valence-electron chi connectivity index (χ0n) is 15.7. The Labute approximate surface area is 172 Å². The van der Waals surface area contributed by atoms with Crippen molar-refractivity contribution in [2.24, 2.45) is 0 Å². The van der Waals surface area contributed by atoms with Gasteiger partial charge in [0.2, 0.25) is 0 Å².